The van der Waals surface area contributed by atoms with Gasteiger partial charge in [-0.05, 0) is 33.5 Å². The Balaban J connectivity index is 2.61. The van der Waals surface area contributed by atoms with Crippen molar-refractivity contribution in [1.82, 2.24) is 10.2 Å². The summed E-state index contributed by atoms with van der Waals surface area (Å²) in [7, 11) is 3.46. The maximum Gasteiger partial charge on any atom is 0.328 e. The first-order valence-electron chi connectivity index (χ1n) is 5.18. The highest BCUT2D eigenvalue weighted by Gasteiger charge is 2.32. The average molecular weight is 214 g/mol. The summed E-state index contributed by atoms with van der Waals surface area (Å²) in [6, 6.07) is -1.05. The van der Waals surface area contributed by atoms with Crippen LogP contribution < -0.4 is 5.32 Å². The Hall–Kier alpha value is -0.940. The lowest BCUT2D eigenvalue weighted by atomic mass is 9.90. The van der Waals surface area contributed by atoms with E-state index in [2.05, 4.69) is 10.2 Å². The van der Waals surface area contributed by atoms with E-state index < -0.39 is 12.0 Å². The minimum absolute atomic E-state index is 0.141. The molecule has 2 N–H and O–H groups in total. The summed E-state index contributed by atoms with van der Waals surface area (Å²) in [6.07, 6.45) is 1.76. The fourth-order valence-corrected chi connectivity index (χ4v) is 2.02. The monoisotopic (exact) mass is 214 g/mol. The normalized spacial score (nSPS) is 24.8. The fraction of sp³-hybridized carbons (Fsp3) is 0.800. The predicted octanol–water partition coefficient (Wildman–Crippen LogP) is -0.430. The molecule has 0 radical (unpaired) electrons. The number of nitrogens with one attached hydrogen (secondary N) is 1. The van der Waals surface area contributed by atoms with E-state index in [1.54, 1.807) is 0 Å². The average Bonchev–Trinajstić information content (AvgIpc) is 2.18. The highest BCUT2D eigenvalue weighted by Crippen LogP contribution is 2.17. The van der Waals surface area contributed by atoms with Gasteiger partial charge in [-0.25, -0.2) is 0 Å². The SMILES string of the molecule is CNC(C(=O)O)C(=O)C1CCCN(C)C1. The molecule has 5 nitrogen and oxygen atoms in total. The number of likely N-dealkylation sites (N-methyl/N-ethyl adjacent to an activating group) is 1. The number of nitrogens with zero attached hydrogens (tertiary/aromatic N) is 1. The molecule has 2 atom stereocenters. The number of hydrogen-bond acceptors (Lipinski definition) is 4. The first-order chi connectivity index (χ1) is 7.06. The van der Waals surface area contributed by atoms with Gasteiger partial charge in [-0.15, -0.1) is 0 Å². The first-order valence-corrected chi connectivity index (χ1v) is 5.18. The minimum atomic E-state index is -1.09. The Kier molecular flexibility index (Phi) is 4.23. The Bertz CT molecular complexity index is 255. The zero-order valence-corrected chi connectivity index (χ0v) is 9.19. The van der Waals surface area contributed by atoms with Crippen LogP contribution in [0.2, 0.25) is 0 Å². The topological polar surface area (TPSA) is 69.6 Å². The molecule has 1 rings (SSSR count). The van der Waals surface area contributed by atoms with Gasteiger partial charge in [0.2, 0.25) is 0 Å². The number of carbonyl (C=O) groups excluding carboxylic acids is 1. The second-order valence-electron chi connectivity index (χ2n) is 4.06. The number of carbonyl (C=O) groups is 2. The Morgan fingerprint density at radius 1 is 1.53 bits per heavy atom. The molecule has 5 heteroatoms. The molecule has 0 bridgehead atoms. The van der Waals surface area contributed by atoms with Crippen LogP contribution in [0.3, 0.4) is 0 Å². The van der Waals surface area contributed by atoms with Gasteiger partial charge in [-0.3, -0.25) is 9.59 Å². The lowest BCUT2D eigenvalue weighted by molar-refractivity contribution is -0.144. The molecule has 0 amide bonds. The third-order valence-corrected chi connectivity index (χ3v) is 2.85. The number of carboxylic acids is 1. The summed E-state index contributed by atoms with van der Waals surface area (Å²) in [4.78, 5) is 24.7. The standard InChI is InChI=1S/C10H18N2O3/c1-11-8(10(14)15)9(13)7-4-3-5-12(2)6-7/h7-8,11H,3-6H2,1-2H3,(H,14,15). The second-order valence-corrected chi connectivity index (χ2v) is 4.06. The number of ketones is 1. The quantitative estimate of drug-likeness (QED) is 0.621. The molecule has 15 heavy (non-hydrogen) atoms. The van der Waals surface area contributed by atoms with Crippen molar-refractivity contribution in [3.63, 3.8) is 0 Å². The predicted molar refractivity (Wildman–Crippen MR) is 55.7 cm³/mol. The van der Waals surface area contributed by atoms with E-state index in [1.807, 2.05) is 7.05 Å². The number of rotatable bonds is 4. The molecule has 1 aliphatic rings. The third kappa shape index (κ3) is 3.00. The Morgan fingerprint density at radius 3 is 2.67 bits per heavy atom. The number of hydrogen-bond donors (Lipinski definition) is 2. The van der Waals surface area contributed by atoms with Crippen LogP contribution in [-0.2, 0) is 9.59 Å². The van der Waals surface area contributed by atoms with Crippen LogP contribution in [-0.4, -0.2) is 55.0 Å². The van der Waals surface area contributed by atoms with Crippen molar-refractivity contribution in [3.8, 4) is 0 Å². The van der Waals surface area contributed by atoms with Crippen molar-refractivity contribution in [3.05, 3.63) is 0 Å². The highest BCUT2D eigenvalue weighted by atomic mass is 16.4. The highest BCUT2D eigenvalue weighted by molar-refractivity contribution is 6.03. The molecule has 1 aliphatic heterocycles. The van der Waals surface area contributed by atoms with Crippen molar-refractivity contribution in [2.45, 2.75) is 18.9 Å². The zero-order valence-electron chi connectivity index (χ0n) is 9.19. The minimum Gasteiger partial charge on any atom is -0.480 e. The van der Waals surface area contributed by atoms with Crippen LogP contribution in [0.1, 0.15) is 12.8 Å². The van der Waals surface area contributed by atoms with Gasteiger partial charge in [0, 0.05) is 12.5 Å². The summed E-state index contributed by atoms with van der Waals surface area (Å²) in [5.41, 5.74) is 0. The van der Waals surface area contributed by atoms with Gasteiger partial charge < -0.3 is 15.3 Å². The van der Waals surface area contributed by atoms with Crippen molar-refractivity contribution < 1.29 is 14.7 Å². The molecular weight excluding hydrogens is 196 g/mol. The summed E-state index contributed by atoms with van der Waals surface area (Å²) < 4.78 is 0. The number of likely N-dealkylation sites (tertiary alicyclic amines) is 1. The maximum atomic E-state index is 11.8. The second kappa shape index (κ2) is 5.23. The van der Waals surface area contributed by atoms with Crippen LogP contribution >= 0.6 is 0 Å². The molecule has 1 fully saturated rings. The number of Topliss-reactive ketones (excluding diaryl/α,β-unsaturated/α-hetero) is 1. The summed E-state index contributed by atoms with van der Waals surface area (Å²) in [5, 5.41) is 11.4. The maximum absolute atomic E-state index is 11.8. The Morgan fingerprint density at radius 2 is 2.20 bits per heavy atom. The number of aliphatic carboxylic acids is 1. The summed E-state index contributed by atoms with van der Waals surface area (Å²) >= 11 is 0. The van der Waals surface area contributed by atoms with Crippen LogP contribution in [0.15, 0.2) is 0 Å². The third-order valence-electron chi connectivity index (χ3n) is 2.85. The molecule has 86 valence electrons. The molecule has 2 unspecified atom stereocenters. The van der Waals surface area contributed by atoms with E-state index >= 15 is 0 Å². The van der Waals surface area contributed by atoms with Gasteiger partial charge in [0.05, 0.1) is 0 Å². The van der Waals surface area contributed by atoms with Crippen molar-refractivity contribution >= 4 is 11.8 Å². The van der Waals surface area contributed by atoms with Gasteiger partial charge in [0.1, 0.15) is 0 Å². The van der Waals surface area contributed by atoms with Crippen molar-refractivity contribution in [2.75, 3.05) is 27.2 Å². The number of piperidine rings is 1. The van der Waals surface area contributed by atoms with Gasteiger partial charge in [0.15, 0.2) is 11.8 Å². The lowest BCUT2D eigenvalue weighted by Crippen LogP contribution is -2.48. The molecule has 0 aliphatic carbocycles. The van der Waals surface area contributed by atoms with E-state index in [0.717, 1.165) is 19.4 Å². The molecule has 0 aromatic heterocycles. The van der Waals surface area contributed by atoms with Gasteiger partial charge >= 0.3 is 5.97 Å². The van der Waals surface area contributed by atoms with E-state index in [1.165, 1.54) is 7.05 Å². The van der Waals surface area contributed by atoms with Crippen LogP contribution in [0, 0.1) is 5.92 Å². The van der Waals surface area contributed by atoms with E-state index in [-0.39, 0.29) is 11.7 Å². The first kappa shape index (κ1) is 12.1. The van der Waals surface area contributed by atoms with Gasteiger partial charge in [0.25, 0.3) is 0 Å². The molecule has 1 saturated heterocycles. The smallest absolute Gasteiger partial charge is 0.328 e. The largest absolute Gasteiger partial charge is 0.480 e. The van der Waals surface area contributed by atoms with Gasteiger partial charge in [-0.2, -0.15) is 0 Å². The summed E-state index contributed by atoms with van der Waals surface area (Å²) in [5.74, 6) is -1.43. The van der Waals surface area contributed by atoms with Crippen LogP contribution in [0.4, 0.5) is 0 Å². The van der Waals surface area contributed by atoms with E-state index in [0.29, 0.717) is 6.54 Å². The summed E-state index contributed by atoms with van der Waals surface area (Å²) in [6.45, 7) is 1.66. The molecule has 0 aromatic carbocycles. The lowest BCUT2D eigenvalue weighted by Gasteiger charge is -2.29. The fourth-order valence-electron chi connectivity index (χ4n) is 2.02. The van der Waals surface area contributed by atoms with E-state index in [4.69, 9.17) is 5.11 Å². The zero-order chi connectivity index (χ0) is 11.4. The van der Waals surface area contributed by atoms with E-state index in [9.17, 15) is 9.59 Å². The molecule has 0 spiro atoms. The van der Waals surface area contributed by atoms with Crippen LogP contribution in [0.5, 0.6) is 0 Å². The Labute approximate surface area is 89.4 Å². The molecule has 1 heterocycles. The van der Waals surface area contributed by atoms with Crippen LogP contribution in [0.25, 0.3) is 0 Å². The molecule has 0 aromatic rings. The molecule has 0 saturated carbocycles. The molecular formula is C10H18N2O3. The van der Waals surface area contributed by atoms with Gasteiger partial charge in [-0.1, -0.05) is 0 Å². The van der Waals surface area contributed by atoms with Crippen molar-refractivity contribution in [1.29, 1.82) is 0 Å². The van der Waals surface area contributed by atoms with Crippen molar-refractivity contribution in [2.24, 2.45) is 5.92 Å². The number of carboxylic acid groups (broad SMARTS) is 1.